The molecule has 1 aromatic carbocycles. The largest absolute Gasteiger partial charge is 0.369 e. The molecule has 0 radical (unpaired) electrons. The van der Waals surface area contributed by atoms with Gasteiger partial charge in [0.15, 0.2) is 5.13 Å². The van der Waals surface area contributed by atoms with E-state index in [1.54, 1.807) is 29.6 Å². The lowest BCUT2D eigenvalue weighted by atomic mass is 10.2. The van der Waals surface area contributed by atoms with Crippen molar-refractivity contribution in [2.75, 3.05) is 10.6 Å². The van der Waals surface area contributed by atoms with Crippen molar-refractivity contribution in [3.63, 3.8) is 0 Å². The number of carbonyl (C=O) groups is 3. The molecule has 1 aromatic heterocycles. The van der Waals surface area contributed by atoms with Crippen molar-refractivity contribution in [2.45, 2.75) is 13.3 Å². The number of anilines is 2. The number of rotatable bonds is 5. The van der Waals surface area contributed by atoms with Crippen molar-refractivity contribution >= 4 is 39.9 Å². The van der Waals surface area contributed by atoms with Gasteiger partial charge in [0.25, 0.3) is 5.91 Å². The zero-order valence-electron chi connectivity index (χ0n) is 11.8. The van der Waals surface area contributed by atoms with E-state index in [1.165, 1.54) is 18.3 Å². The van der Waals surface area contributed by atoms with E-state index < -0.39 is 5.91 Å². The monoisotopic (exact) mass is 318 g/mol. The third-order valence-electron chi connectivity index (χ3n) is 2.60. The number of carbonyl (C=O) groups excluding carboxylic acids is 3. The van der Waals surface area contributed by atoms with Crippen molar-refractivity contribution in [3.05, 3.63) is 40.9 Å². The summed E-state index contributed by atoms with van der Waals surface area (Å²) in [5.41, 5.74) is 6.65. The van der Waals surface area contributed by atoms with E-state index in [-0.39, 0.29) is 18.2 Å². The average Bonchev–Trinajstić information content (AvgIpc) is 2.85. The van der Waals surface area contributed by atoms with Gasteiger partial charge in [-0.2, -0.15) is 0 Å². The molecule has 0 saturated heterocycles. The molecule has 0 atom stereocenters. The lowest BCUT2D eigenvalue weighted by Gasteiger charge is -2.04. The normalized spacial score (nSPS) is 10.0. The molecule has 0 aliphatic carbocycles. The number of hydrogen-bond acceptors (Lipinski definition) is 5. The van der Waals surface area contributed by atoms with Crippen LogP contribution in [0.25, 0.3) is 0 Å². The number of nitrogens with one attached hydrogen (secondary N) is 2. The molecule has 3 amide bonds. The van der Waals surface area contributed by atoms with Gasteiger partial charge in [-0.3, -0.25) is 19.7 Å². The zero-order valence-corrected chi connectivity index (χ0v) is 12.6. The topological polar surface area (TPSA) is 114 Å². The lowest BCUT2D eigenvalue weighted by molar-refractivity contribution is -0.117. The summed E-state index contributed by atoms with van der Waals surface area (Å²) in [7, 11) is 0. The molecule has 2 aromatic rings. The summed E-state index contributed by atoms with van der Waals surface area (Å²) in [6, 6.07) is 6.46. The number of nitrogens with zero attached hydrogens (tertiary/aromatic N) is 1. The minimum atomic E-state index is -0.475. The summed E-state index contributed by atoms with van der Waals surface area (Å²) in [4.78, 5) is 37.9. The van der Waals surface area contributed by atoms with Gasteiger partial charge < -0.3 is 11.1 Å². The minimum Gasteiger partial charge on any atom is -0.369 e. The van der Waals surface area contributed by atoms with Gasteiger partial charge in [-0.05, 0) is 24.3 Å². The summed E-state index contributed by atoms with van der Waals surface area (Å²) in [5, 5.41) is 7.32. The summed E-state index contributed by atoms with van der Waals surface area (Å²) < 4.78 is 0. The van der Waals surface area contributed by atoms with Gasteiger partial charge in [0.2, 0.25) is 11.8 Å². The Bertz CT molecular complexity index is 709. The van der Waals surface area contributed by atoms with Crippen LogP contribution in [0.15, 0.2) is 29.6 Å². The first-order chi connectivity index (χ1) is 10.4. The number of aromatic nitrogens is 1. The van der Waals surface area contributed by atoms with Crippen LogP contribution in [0.5, 0.6) is 0 Å². The predicted octanol–water partition coefficient (Wildman–Crippen LogP) is 1.38. The Balaban J connectivity index is 2.01. The number of nitrogens with two attached hydrogens (primary N) is 1. The Morgan fingerprint density at radius 2 is 1.86 bits per heavy atom. The SMILES string of the molecule is CC(=O)Nc1ccc(C(=O)Nc2nc(CC(N)=O)cs2)cc1. The van der Waals surface area contributed by atoms with Crippen molar-refractivity contribution in [1.82, 2.24) is 4.98 Å². The number of thiazole rings is 1. The highest BCUT2D eigenvalue weighted by Gasteiger charge is 2.10. The van der Waals surface area contributed by atoms with Crippen LogP contribution in [-0.4, -0.2) is 22.7 Å². The summed E-state index contributed by atoms with van der Waals surface area (Å²) in [6.45, 7) is 1.41. The Kier molecular flexibility index (Phi) is 4.84. The molecule has 0 aliphatic rings. The molecule has 22 heavy (non-hydrogen) atoms. The fraction of sp³-hybridized carbons (Fsp3) is 0.143. The zero-order chi connectivity index (χ0) is 16.1. The fourth-order valence-electron chi connectivity index (χ4n) is 1.70. The van der Waals surface area contributed by atoms with Crippen molar-refractivity contribution in [2.24, 2.45) is 5.73 Å². The molecule has 0 saturated carbocycles. The molecule has 0 spiro atoms. The molecule has 4 N–H and O–H groups in total. The van der Waals surface area contributed by atoms with Gasteiger partial charge >= 0.3 is 0 Å². The maximum Gasteiger partial charge on any atom is 0.257 e. The summed E-state index contributed by atoms with van der Waals surface area (Å²) in [6.07, 6.45) is 0.0395. The maximum absolute atomic E-state index is 12.1. The van der Waals surface area contributed by atoms with Crippen LogP contribution in [0.1, 0.15) is 23.0 Å². The van der Waals surface area contributed by atoms with E-state index in [2.05, 4.69) is 15.6 Å². The second-order valence-electron chi connectivity index (χ2n) is 4.50. The van der Waals surface area contributed by atoms with Crippen LogP contribution >= 0.6 is 11.3 Å². The van der Waals surface area contributed by atoms with E-state index in [4.69, 9.17) is 5.73 Å². The Morgan fingerprint density at radius 1 is 1.18 bits per heavy atom. The Morgan fingerprint density at radius 3 is 2.45 bits per heavy atom. The number of hydrogen-bond donors (Lipinski definition) is 3. The van der Waals surface area contributed by atoms with E-state index in [0.29, 0.717) is 22.1 Å². The molecule has 7 nitrogen and oxygen atoms in total. The van der Waals surface area contributed by atoms with Gasteiger partial charge in [-0.15, -0.1) is 11.3 Å². The standard InChI is InChI=1S/C14H14N4O3S/c1-8(19)16-10-4-2-9(3-5-10)13(21)18-14-17-11(7-22-14)6-12(15)20/h2-5,7H,6H2,1H3,(H2,15,20)(H,16,19)(H,17,18,21). The van der Waals surface area contributed by atoms with Gasteiger partial charge in [0.1, 0.15) is 0 Å². The van der Waals surface area contributed by atoms with Gasteiger partial charge in [0.05, 0.1) is 12.1 Å². The van der Waals surface area contributed by atoms with E-state index in [9.17, 15) is 14.4 Å². The lowest BCUT2D eigenvalue weighted by Crippen LogP contribution is -2.14. The highest BCUT2D eigenvalue weighted by molar-refractivity contribution is 7.14. The van der Waals surface area contributed by atoms with Crippen LogP contribution in [0.4, 0.5) is 10.8 Å². The number of benzene rings is 1. The third-order valence-corrected chi connectivity index (χ3v) is 3.40. The highest BCUT2D eigenvalue weighted by Crippen LogP contribution is 2.17. The summed E-state index contributed by atoms with van der Waals surface area (Å²) in [5.74, 6) is -0.979. The minimum absolute atomic E-state index is 0.0395. The number of primary amides is 1. The predicted molar refractivity (Wildman–Crippen MR) is 83.7 cm³/mol. The first-order valence-electron chi connectivity index (χ1n) is 6.36. The van der Waals surface area contributed by atoms with Gasteiger partial charge in [-0.1, -0.05) is 0 Å². The van der Waals surface area contributed by atoms with Crippen LogP contribution < -0.4 is 16.4 Å². The van der Waals surface area contributed by atoms with Crippen molar-refractivity contribution < 1.29 is 14.4 Å². The fourth-order valence-corrected chi connectivity index (χ4v) is 2.41. The maximum atomic E-state index is 12.1. The molecule has 0 bridgehead atoms. The highest BCUT2D eigenvalue weighted by atomic mass is 32.1. The summed E-state index contributed by atoms with van der Waals surface area (Å²) >= 11 is 1.22. The van der Waals surface area contributed by atoms with Crippen molar-refractivity contribution in [3.8, 4) is 0 Å². The van der Waals surface area contributed by atoms with Crippen LogP contribution in [-0.2, 0) is 16.0 Å². The molecule has 8 heteroatoms. The van der Waals surface area contributed by atoms with Gasteiger partial charge in [0, 0.05) is 23.6 Å². The molecule has 0 aliphatic heterocycles. The Labute approximate surface area is 130 Å². The van der Waals surface area contributed by atoms with Gasteiger partial charge in [-0.25, -0.2) is 4.98 Å². The van der Waals surface area contributed by atoms with E-state index >= 15 is 0 Å². The molecular weight excluding hydrogens is 304 g/mol. The molecular formula is C14H14N4O3S. The number of amides is 3. The van der Waals surface area contributed by atoms with Crippen LogP contribution in [0, 0.1) is 0 Å². The second-order valence-corrected chi connectivity index (χ2v) is 5.36. The Hall–Kier alpha value is -2.74. The average molecular weight is 318 g/mol. The van der Waals surface area contributed by atoms with Crippen LogP contribution in [0.3, 0.4) is 0 Å². The first kappa shape index (κ1) is 15.6. The van der Waals surface area contributed by atoms with Crippen LogP contribution in [0.2, 0.25) is 0 Å². The molecule has 1 heterocycles. The second kappa shape index (κ2) is 6.81. The smallest absolute Gasteiger partial charge is 0.257 e. The molecule has 2 rings (SSSR count). The van der Waals surface area contributed by atoms with E-state index in [1.807, 2.05) is 0 Å². The quantitative estimate of drug-likeness (QED) is 0.772. The third kappa shape index (κ3) is 4.38. The first-order valence-corrected chi connectivity index (χ1v) is 7.23. The van der Waals surface area contributed by atoms with Crippen molar-refractivity contribution in [1.29, 1.82) is 0 Å². The molecule has 0 unspecified atom stereocenters. The molecule has 114 valence electrons. The van der Waals surface area contributed by atoms with E-state index in [0.717, 1.165) is 0 Å². The molecule has 0 fully saturated rings.